The second-order valence-corrected chi connectivity index (χ2v) is 9.10. The van der Waals surface area contributed by atoms with E-state index in [0.29, 0.717) is 29.1 Å². The zero-order valence-electron chi connectivity index (χ0n) is 18.8. The molecule has 1 N–H and O–H groups in total. The van der Waals surface area contributed by atoms with Crippen LogP contribution in [0.15, 0.2) is 60.9 Å². The van der Waals surface area contributed by atoms with Crippen molar-refractivity contribution in [1.29, 1.82) is 0 Å². The third-order valence-electron chi connectivity index (χ3n) is 6.25. The van der Waals surface area contributed by atoms with Crippen LogP contribution in [-0.2, 0) is 19.3 Å². The minimum atomic E-state index is -4.36. The van der Waals surface area contributed by atoms with Crippen LogP contribution in [0.25, 0.3) is 11.2 Å². The lowest BCUT2D eigenvalue weighted by Gasteiger charge is -2.32. The lowest BCUT2D eigenvalue weighted by molar-refractivity contribution is -0.137. The number of nitrogens with one attached hydrogen (secondary N) is 1. The van der Waals surface area contributed by atoms with Crippen LogP contribution >= 0.6 is 11.6 Å². The fourth-order valence-electron chi connectivity index (χ4n) is 4.40. The Balaban J connectivity index is 1.27. The van der Waals surface area contributed by atoms with E-state index < -0.39 is 11.7 Å². The van der Waals surface area contributed by atoms with E-state index in [9.17, 15) is 13.2 Å². The van der Waals surface area contributed by atoms with E-state index in [-0.39, 0.29) is 11.3 Å². The van der Waals surface area contributed by atoms with Crippen molar-refractivity contribution in [3.05, 3.63) is 82.9 Å². The first-order valence-electron chi connectivity index (χ1n) is 11.4. The number of piperidine rings is 1. The molecule has 10 heteroatoms. The molecule has 0 saturated carbocycles. The molecule has 1 aliphatic heterocycles. The molecule has 1 aliphatic rings. The molecular formula is C25H24ClF3N6. The van der Waals surface area contributed by atoms with Gasteiger partial charge in [-0.25, -0.2) is 4.98 Å². The van der Waals surface area contributed by atoms with Gasteiger partial charge in [0.15, 0.2) is 17.0 Å². The molecule has 1 saturated heterocycles. The lowest BCUT2D eigenvalue weighted by atomic mass is 10.0. The van der Waals surface area contributed by atoms with E-state index in [0.717, 1.165) is 44.6 Å². The Morgan fingerprint density at radius 1 is 0.914 bits per heavy atom. The van der Waals surface area contributed by atoms with Crippen molar-refractivity contribution >= 4 is 28.6 Å². The van der Waals surface area contributed by atoms with E-state index in [1.165, 1.54) is 17.7 Å². The summed E-state index contributed by atoms with van der Waals surface area (Å²) in [6.45, 7) is 3.19. The monoisotopic (exact) mass is 500 g/mol. The summed E-state index contributed by atoms with van der Waals surface area (Å²) in [5.74, 6) is 0.577. The maximum Gasteiger partial charge on any atom is 0.416 e. The minimum Gasteiger partial charge on any atom is -0.365 e. The zero-order chi connectivity index (χ0) is 24.4. The zero-order valence-corrected chi connectivity index (χ0v) is 19.6. The van der Waals surface area contributed by atoms with Crippen molar-refractivity contribution in [2.24, 2.45) is 0 Å². The van der Waals surface area contributed by atoms with Crippen molar-refractivity contribution in [3.63, 3.8) is 0 Å². The van der Waals surface area contributed by atoms with Gasteiger partial charge in [0.25, 0.3) is 0 Å². The molecule has 0 spiro atoms. The number of hydrogen-bond acceptors (Lipinski definition) is 5. The highest BCUT2D eigenvalue weighted by Crippen LogP contribution is 2.30. The van der Waals surface area contributed by atoms with Crippen LogP contribution in [0.2, 0.25) is 5.28 Å². The van der Waals surface area contributed by atoms with Gasteiger partial charge in [0.1, 0.15) is 0 Å². The van der Waals surface area contributed by atoms with Crippen LogP contribution in [0.5, 0.6) is 0 Å². The second-order valence-electron chi connectivity index (χ2n) is 8.76. The van der Waals surface area contributed by atoms with Gasteiger partial charge in [0.05, 0.1) is 18.4 Å². The molecule has 0 bridgehead atoms. The van der Waals surface area contributed by atoms with Crippen molar-refractivity contribution in [1.82, 2.24) is 24.4 Å². The van der Waals surface area contributed by atoms with Crippen LogP contribution < -0.4 is 5.32 Å². The Hall–Kier alpha value is -3.17. The van der Waals surface area contributed by atoms with Gasteiger partial charge in [-0.05, 0) is 47.7 Å². The van der Waals surface area contributed by atoms with E-state index in [4.69, 9.17) is 11.6 Å². The summed E-state index contributed by atoms with van der Waals surface area (Å²) < 4.78 is 40.3. The Morgan fingerprint density at radius 3 is 2.29 bits per heavy atom. The molecule has 6 nitrogen and oxygen atoms in total. The Kier molecular flexibility index (Phi) is 6.62. The summed E-state index contributed by atoms with van der Waals surface area (Å²) in [7, 11) is 0. The first-order chi connectivity index (χ1) is 16.8. The number of anilines is 1. The molecule has 35 heavy (non-hydrogen) atoms. The fourth-order valence-corrected chi connectivity index (χ4v) is 4.56. The fraction of sp³-hybridized carbons (Fsp3) is 0.320. The maximum atomic E-state index is 12.8. The predicted octanol–water partition coefficient (Wildman–Crippen LogP) is 5.62. The summed E-state index contributed by atoms with van der Waals surface area (Å²) in [5.41, 5.74) is 2.46. The molecule has 0 unspecified atom stereocenters. The maximum absolute atomic E-state index is 12.8. The van der Waals surface area contributed by atoms with Crippen molar-refractivity contribution in [2.45, 2.75) is 38.1 Å². The van der Waals surface area contributed by atoms with Gasteiger partial charge >= 0.3 is 6.18 Å². The molecule has 0 aliphatic carbocycles. The summed E-state index contributed by atoms with van der Waals surface area (Å²) in [4.78, 5) is 15.6. The highest BCUT2D eigenvalue weighted by atomic mass is 35.5. The number of benzene rings is 2. The standard InChI is InChI=1S/C25H24ClF3N6/c26-24-32-22(31-20-10-12-34(13-11-20)14-17-4-2-1-3-5-17)21-23(33-24)35(16-30-21)15-18-6-8-19(9-7-18)25(27,28)29/h1-9,16,20H,10-15H2,(H,31,32,33). The van der Waals surface area contributed by atoms with Crippen LogP contribution in [0.3, 0.4) is 0 Å². The van der Waals surface area contributed by atoms with Gasteiger partial charge in [-0.2, -0.15) is 23.1 Å². The highest BCUT2D eigenvalue weighted by molar-refractivity contribution is 6.28. The first kappa shape index (κ1) is 23.6. The largest absolute Gasteiger partial charge is 0.416 e. The van der Waals surface area contributed by atoms with Crippen LogP contribution in [0.4, 0.5) is 19.0 Å². The number of aromatic nitrogens is 4. The van der Waals surface area contributed by atoms with Crippen LogP contribution in [-0.4, -0.2) is 43.6 Å². The first-order valence-corrected chi connectivity index (χ1v) is 11.8. The van der Waals surface area contributed by atoms with E-state index in [1.807, 2.05) is 6.07 Å². The number of fused-ring (bicyclic) bond motifs is 1. The molecule has 182 valence electrons. The second kappa shape index (κ2) is 9.83. The number of imidazole rings is 1. The summed E-state index contributed by atoms with van der Waals surface area (Å²) in [6, 6.07) is 15.7. The van der Waals surface area contributed by atoms with Gasteiger partial charge in [-0.15, -0.1) is 0 Å². The Labute approximate surface area is 205 Å². The van der Waals surface area contributed by atoms with Gasteiger partial charge < -0.3 is 9.88 Å². The van der Waals surface area contributed by atoms with Gasteiger partial charge in [-0.1, -0.05) is 42.5 Å². The van der Waals surface area contributed by atoms with E-state index in [2.05, 4.69) is 49.4 Å². The summed E-state index contributed by atoms with van der Waals surface area (Å²) in [6.07, 6.45) is -0.829. The molecule has 2 aromatic carbocycles. The average molecular weight is 501 g/mol. The Bertz CT molecular complexity index is 1280. The number of nitrogens with zero attached hydrogens (tertiary/aromatic N) is 5. The van der Waals surface area contributed by atoms with Gasteiger partial charge in [0.2, 0.25) is 5.28 Å². The molecule has 1 fully saturated rings. The third kappa shape index (κ3) is 5.57. The minimum absolute atomic E-state index is 0.0932. The summed E-state index contributed by atoms with van der Waals surface area (Å²) in [5, 5.41) is 3.58. The number of alkyl halides is 3. The smallest absolute Gasteiger partial charge is 0.365 e. The molecule has 2 aromatic heterocycles. The molecule has 3 heterocycles. The number of rotatable bonds is 6. The molecule has 0 amide bonds. The van der Waals surface area contributed by atoms with E-state index in [1.54, 1.807) is 10.9 Å². The molecule has 0 atom stereocenters. The molecular weight excluding hydrogens is 477 g/mol. The quantitative estimate of drug-likeness (QED) is 0.348. The predicted molar refractivity (Wildman–Crippen MR) is 129 cm³/mol. The van der Waals surface area contributed by atoms with Crippen molar-refractivity contribution in [2.75, 3.05) is 18.4 Å². The Morgan fingerprint density at radius 2 is 1.60 bits per heavy atom. The summed E-state index contributed by atoms with van der Waals surface area (Å²) >= 11 is 6.22. The number of likely N-dealkylation sites (tertiary alicyclic amines) is 1. The van der Waals surface area contributed by atoms with Crippen molar-refractivity contribution < 1.29 is 13.2 Å². The average Bonchev–Trinajstić information content (AvgIpc) is 3.23. The van der Waals surface area contributed by atoms with Gasteiger partial charge in [0, 0.05) is 25.7 Å². The molecule has 4 aromatic rings. The SMILES string of the molecule is FC(F)(F)c1ccc(Cn2cnc3c(NC4CCN(Cc5ccccc5)CC4)nc(Cl)nc32)cc1. The highest BCUT2D eigenvalue weighted by Gasteiger charge is 2.30. The van der Waals surface area contributed by atoms with Crippen molar-refractivity contribution in [3.8, 4) is 0 Å². The molecule has 0 radical (unpaired) electrons. The number of hydrogen-bond donors (Lipinski definition) is 1. The lowest BCUT2D eigenvalue weighted by Crippen LogP contribution is -2.38. The van der Waals surface area contributed by atoms with Crippen LogP contribution in [0, 0.1) is 0 Å². The van der Waals surface area contributed by atoms with Gasteiger partial charge in [-0.3, -0.25) is 4.90 Å². The third-order valence-corrected chi connectivity index (χ3v) is 6.42. The topological polar surface area (TPSA) is 58.9 Å². The normalized spacial score (nSPS) is 15.5. The van der Waals surface area contributed by atoms with E-state index >= 15 is 0 Å². The van der Waals surface area contributed by atoms with Crippen LogP contribution in [0.1, 0.15) is 29.5 Å². The molecule has 5 rings (SSSR count). The number of halogens is 4.